The SMILES string of the molecule is C=C/C(C)=C(/C)C1=C(C)C2=C(CC1)C1CC1C=C2. The molecule has 3 rings (SSSR count). The van der Waals surface area contributed by atoms with Crippen molar-refractivity contribution in [3.63, 3.8) is 0 Å². The molecule has 0 bridgehead atoms. The first-order valence-corrected chi connectivity index (χ1v) is 7.05. The molecule has 94 valence electrons. The second kappa shape index (κ2) is 4.12. The van der Waals surface area contributed by atoms with Gasteiger partial charge in [0.1, 0.15) is 0 Å². The maximum absolute atomic E-state index is 3.90. The van der Waals surface area contributed by atoms with Crippen molar-refractivity contribution in [1.29, 1.82) is 0 Å². The van der Waals surface area contributed by atoms with Crippen LogP contribution in [0.25, 0.3) is 0 Å². The van der Waals surface area contributed by atoms with E-state index in [0.29, 0.717) is 0 Å². The van der Waals surface area contributed by atoms with E-state index in [0.717, 1.165) is 11.8 Å². The monoisotopic (exact) mass is 238 g/mol. The van der Waals surface area contributed by atoms with E-state index >= 15 is 0 Å². The Hall–Kier alpha value is -1.30. The molecule has 0 spiro atoms. The molecule has 2 atom stereocenters. The molecule has 1 fully saturated rings. The van der Waals surface area contributed by atoms with E-state index in [4.69, 9.17) is 0 Å². The maximum atomic E-state index is 3.90. The summed E-state index contributed by atoms with van der Waals surface area (Å²) in [4.78, 5) is 0. The van der Waals surface area contributed by atoms with E-state index in [2.05, 4.69) is 39.5 Å². The van der Waals surface area contributed by atoms with Gasteiger partial charge in [0.2, 0.25) is 0 Å². The first-order valence-electron chi connectivity index (χ1n) is 7.05. The lowest BCUT2D eigenvalue weighted by Crippen LogP contribution is -2.09. The Bertz CT molecular complexity index is 534. The minimum absolute atomic E-state index is 0.879. The normalized spacial score (nSPS) is 30.8. The van der Waals surface area contributed by atoms with Crippen molar-refractivity contribution in [3.05, 3.63) is 58.2 Å². The molecule has 2 unspecified atom stereocenters. The fourth-order valence-corrected chi connectivity index (χ4v) is 3.51. The summed E-state index contributed by atoms with van der Waals surface area (Å²) in [6.45, 7) is 10.6. The van der Waals surface area contributed by atoms with Gasteiger partial charge in [0.25, 0.3) is 0 Å². The van der Waals surface area contributed by atoms with E-state index < -0.39 is 0 Å². The standard InChI is InChI=1S/C18H22/c1-5-11(2)12(3)15-8-9-17-16(13(15)4)7-6-14-10-18(14)17/h5-7,14,18H,1,8-10H2,2-4H3/b12-11-. The second-order valence-electron chi connectivity index (χ2n) is 5.92. The fourth-order valence-electron chi connectivity index (χ4n) is 3.51. The van der Waals surface area contributed by atoms with Gasteiger partial charge >= 0.3 is 0 Å². The molecule has 0 aromatic rings. The molecule has 0 amide bonds. The molecule has 3 aliphatic carbocycles. The van der Waals surface area contributed by atoms with Crippen molar-refractivity contribution in [2.75, 3.05) is 0 Å². The summed E-state index contributed by atoms with van der Waals surface area (Å²) in [5.41, 5.74) is 9.10. The summed E-state index contributed by atoms with van der Waals surface area (Å²) in [7, 11) is 0. The number of hydrogen-bond donors (Lipinski definition) is 0. The van der Waals surface area contributed by atoms with Gasteiger partial charge in [-0.25, -0.2) is 0 Å². The lowest BCUT2D eigenvalue weighted by atomic mass is 9.79. The number of rotatable bonds is 2. The van der Waals surface area contributed by atoms with E-state index in [9.17, 15) is 0 Å². The maximum Gasteiger partial charge on any atom is -0.0125 e. The Labute approximate surface area is 110 Å². The van der Waals surface area contributed by atoms with Crippen LogP contribution in [0.1, 0.15) is 40.0 Å². The molecule has 0 heteroatoms. The summed E-state index contributed by atoms with van der Waals surface area (Å²) in [6, 6.07) is 0. The van der Waals surface area contributed by atoms with Crippen LogP contribution in [0, 0.1) is 11.8 Å². The highest BCUT2D eigenvalue weighted by molar-refractivity contribution is 5.57. The molecule has 0 N–H and O–H groups in total. The van der Waals surface area contributed by atoms with Gasteiger partial charge in [-0.15, -0.1) is 0 Å². The van der Waals surface area contributed by atoms with Crippen LogP contribution in [0.2, 0.25) is 0 Å². The summed E-state index contributed by atoms with van der Waals surface area (Å²) >= 11 is 0. The highest BCUT2D eigenvalue weighted by Gasteiger charge is 2.42. The van der Waals surface area contributed by atoms with Gasteiger partial charge in [-0.3, -0.25) is 0 Å². The smallest absolute Gasteiger partial charge is 0.0125 e. The van der Waals surface area contributed by atoms with Crippen molar-refractivity contribution in [2.45, 2.75) is 40.0 Å². The molecular weight excluding hydrogens is 216 g/mol. The second-order valence-corrected chi connectivity index (χ2v) is 5.92. The molecule has 1 saturated carbocycles. The van der Waals surface area contributed by atoms with Crippen molar-refractivity contribution < 1.29 is 0 Å². The Morgan fingerprint density at radius 1 is 1.33 bits per heavy atom. The van der Waals surface area contributed by atoms with E-state index in [1.165, 1.54) is 36.0 Å². The summed E-state index contributed by atoms with van der Waals surface area (Å²) < 4.78 is 0. The van der Waals surface area contributed by atoms with Gasteiger partial charge in [-0.2, -0.15) is 0 Å². The van der Waals surface area contributed by atoms with Crippen LogP contribution in [-0.2, 0) is 0 Å². The zero-order chi connectivity index (χ0) is 12.9. The fraction of sp³-hybridized carbons (Fsp3) is 0.444. The van der Waals surface area contributed by atoms with Gasteiger partial charge in [-0.05, 0) is 79.7 Å². The molecule has 0 radical (unpaired) electrons. The average molecular weight is 238 g/mol. The third-order valence-corrected chi connectivity index (χ3v) is 4.99. The lowest BCUT2D eigenvalue weighted by Gasteiger charge is -2.26. The first-order chi connectivity index (χ1) is 8.63. The zero-order valence-corrected chi connectivity index (χ0v) is 11.7. The Kier molecular flexibility index (Phi) is 2.69. The van der Waals surface area contributed by atoms with E-state index in [1.54, 1.807) is 16.7 Å². The first kappa shape index (κ1) is 11.8. The van der Waals surface area contributed by atoms with Gasteiger partial charge < -0.3 is 0 Å². The molecule has 0 saturated heterocycles. The number of hydrogen-bond acceptors (Lipinski definition) is 0. The molecule has 0 aromatic carbocycles. The van der Waals surface area contributed by atoms with Crippen molar-refractivity contribution in [3.8, 4) is 0 Å². The van der Waals surface area contributed by atoms with E-state index in [1.807, 2.05) is 6.08 Å². The van der Waals surface area contributed by atoms with Gasteiger partial charge in [0, 0.05) is 0 Å². The lowest BCUT2D eigenvalue weighted by molar-refractivity contribution is 0.766. The van der Waals surface area contributed by atoms with Crippen LogP contribution >= 0.6 is 0 Å². The van der Waals surface area contributed by atoms with Gasteiger partial charge in [-0.1, -0.05) is 30.4 Å². The third-order valence-electron chi connectivity index (χ3n) is 4.99. The zero-order valence-electron chi connectivity index (χ0n) is 11.7. The molecule has 0 nitrogen and oxygen atoms in total. The summed E-state index contributed by atoms with van der Waals surface area (Å²) in [5.74, 6) is 1.77. The van der Waals surface area contributed by atoms with Gasteiger partial charge in [0.15, 0.2) is 0 Å². The van der Waals surface area contributed by atoms with Crippen LogP contribution in [0.3, 0.4) is 0 Å². The molecule has 18 heavy (non-hydrogen) atoms. The predicted octanol–water partition coefficient (Wildman–Crippen LogP) is 5.12. The molecular formula is C18H22. The van der Waals surface area contributed by atoms with Crippen molar-refractivity contribution in [1.82, 2.24) is 0 Å². The Morgan fingerprint density at radius 3 is 2.83 bits per heavy atom. The topological polar surface area (TPSA) is 0 Å². The van der Waals surface area contributed by atoms with Crippen molar-refractivity contribution >= 4 is 0 Å². The Balaban J connectivity index is 2.05. The number of allylic oxidation sites excluding steroid dienone is 9. The van der Waals surface area contributed by atoms with Crippen molar-refractivity contribution in [2.24, 2.45) is 11.8 Å². The average Bonchev–Trinajstić information content (AvgIpc) is 3.17. The van der Waals surface area contributed by atoms with Crippen LogP contribution in [-0.4, -0.2) is 0 Å². The predicted molar refractivity (Wildman–Crippen MR) is 78.3 cm³/mol. The Morgan fingerprint density at radius 2 is 2.11 bits per heavy atom. The molecule has 3 aliphatic rings. The van der Waals surface area contributed by atoms with Gasteiger partial charge in [0.05, 0.1) is 0 Å². The molecule has 0 aromatic heterocycles. The van der Waals surface area contributed by atoms with Crippen LogP contribution in [0.4, 0.5) is 0 Å². The van der Waals surface area contributed by atoms with Crippen LogP contribution < -0.4 is 0 Å². The third kappa shape index (κ3) is 1.67. The minimum Gasteiger partial charge on any atom is -0.0988 e. The molecule has 0 aliphatic heterocycles. The highest BCUT2D eigenvalue weighted by atomic mass is 14.5. The van der Waals surface area contributed by atoms with Crippen LogP contribution in [0.5, 0.6) is 0 Å². The minimum atomic E-state index is 0.879. The number of fused-ring (bicyclic) bond motifs is 2. The largest absolute Gasteiger partial charge is 0.0988 e. The quantitative estimate of drug-likeness (QED) is 0.586. The summed E-state index contributed by atoms with van der Waals surface area (Å²) in [5, 5.41) is 0. The highest BCUT2D eigenvalue weighted by Crippen LogP contribution is 2.54. The molecule has 0 heterocycles. The van der Waals surface area contributed by atoms with Crippen LogP contribution in [0.15, 0.2) is 58.2 Å². The van der Waals surface area contributed by atoms with E-state index in [-0.39, 0.29) is 0 Å². The summed E-state index contributed by atoms with van der Waals surface area (Å²) in [6.07, 6.45) is 10.7.